The average molecular weight is 287 g/mol. The first kappa shape index (κ1) is 15.6. The molecule has 0 aromatic carbocycles. The van der Waals surface area contributed by atoms with Gasteiger partial charge in [0.25, 0.3) is 0 Å². The average Bonchev–Trinajstić information content (AvgIpc) is 2.92. The lowest BCUT2D eigenvalue weighted by Crippen LogP contribution is -2.27. The van der Waals surface area contributed by atoms with Crippen LogP contribution >= 0.6 is 0 Å². The summed E-state index contributed by atoms with van der Waals surface area (Å²) < 4.78 is 2.00. The molecule has 0 amide bonds. The molecule has 0 bridgehead atoms. The van der Waals surface area contributed by atoms with E-state index in [4.69, 9.17) is 0 Å². The second kappa shape index (κ2) is 7.88. The molecule has 0 saturated heterocycles. The van der Waals surface area contributed by atoms with Crippen LogP contribution in [0.4, 0.5) is 0 Å². The van der Waals surface area contributed by atoms with Crippen LogP contribution in [0.1, 0.15) is 49.8 Å². The van der Waals surface area contributed by atoms with Gasteiger partial charge in [0.1, 0.15) is 12.2 Å². The molecule has 0 radical (unpaired) electrons. The van der Waals surface area contributed by atoms with Crippen molar-refractivity contribution < 1.29 is 0 Å². The fraction of sp³-hybridized carbons (Fsp3) is 0.562. The van der Waals surface area contributed by atoms with E-state index < -0.39 is 0 Å². The summed E-state index contributed by atoms with van der Waals surface area (Å²) in [5.41, 5.74) is 2.32. The van der Waals surface area contributed by atoms with Crippen molar-refractivity contribution in [3.05, 3.63) is 41.7 Å². The fourth-order valence-electron chi connectivity index (χ4n) is 2.47. The Morgan fingerprint density at radius 3 is 2.81 bits per heavy atom. The Morgan fingerprint density at radius 2 is 2.10 bits per heavy atom. The zero-order valence-corrected chi connectivity index (χ0v) is 13.2. The molecule has 2 rings (SSSR count). The second-order valence-corrected chi connectivity index (χ2v) is 5.32. The molecule has 0 spiro atoms. The van der Waals surface area contributed by atoms with Gasteiger partial charge in [-0.05, 0) is 37.9 Å². The van der Waals surface area contributed by atoms with Gasteiger partial charge in [-0.15, -0.1) is 0 Å². The predicted octanol–water partition coefficient (Wildman–Crippen LogP) is 2.67. The zero-order chi connectivity index (χ0) is 15.1. The van der Waals surface area contributed by atoms with Gasteiger partial charge < -0.3 is 5.32 Å². The van der Waals surface area contributed by atoms with E-state index >= 15 is 0 Å². The lowest BCUT2D eigenvalue weighted by atomic mass is 10.0. The quantitative estimate of drug-likeness (QED) is 0.811. The topological polar surface area (TPSA) is 55.6 Å². The van der Waals surface area contributed by atoms with Crippen LogP contribution in [0.15, 0.2) is 24.7 Å². The summed E-state index contributed by atoms with van der Waals surface area (Å²) in [5.74, 6) is 1.02. The Bertz CT molecular complexity index is 549. The van der Waals surface area contributed by atoms with Gasteiger partial charge in [-0.1, -0.05) is 19.9 Å². The Labute approximate surface area is 126 Å². The monoisotopic (exact) mass is 287 g/mol. The van der Waals surface area contributed by atoms with Gasteiger partial charge in [-0.2, -0.15) is 5.10 Å². The Hall–Kier alpha value is -1.75. The number of hydrogen-bond acceptors (Lipinski definition) is 4. The summed E-state index contributed by atoms with van der Waals surface area (Å²) in [6.45, 7) is 8.33. The van der Waals surface area contributed by atoms with E-state index in [-0.39, 0.29) is 6.04 Å². The highest BCUT2D eigenvalue weighted by Crippen LogP contribution is 2.19. The van der Waals surface area contributed by atoms with Crippen LogP contribution in [0, 0.1) is 6.92 Å². The molecule has 2 heterocycles. The van der Waals surface area contributed by atoms with E-state index in [0.29, 0.717) is 0 Å². The molecular formula is C16H25N5. The third-order valence-corrected chi connectivity index (χ3v) is 3.54. The summed E-state index contributed by atoms with van der Waals surface area (Å²) in [4.78, 5) is 8.99. The van der Waals surface area contributed by atoms with Gasteiger partial charge in [0.2, 0.25) is 0 Å². The van der Waals surface area contributed by atoms with Gasteiger partial charge in [-0.25, -0.2) is 4.98 Å². The first-order valence-electron chi connectivity index (χ1n) is 7.77. The second-order valence-electron chi connectivity index (χ2n) is 5.32. The van der Waals surface area contributed by atoms with Crippen LogP contribution in [0.5, 0.6) is 0 Å². The van der Waals surface area contributed by atoms with Crippen LogP contribution in [-0.4, -0.2) is 26.3 Å². The van der Waals surface area contributed by atoms with Crippen molar-refractivity contribution in [2.45, 2.75) is 52.6 Å². The van der Waals surface area contributed by atoms with Crippen molar-refractivity contribution in [3.63, 3.8) is 0 Å². The first-order chi connectivity index (χ1) is 10.3. The number of rotatable bonds is 8. The maximum Gasteiger partial charge on any atom is 0.138 e. The van der Waals surface area contributed by atoms with Gasteiger partial charge in [-0.3, -0.25) is 9.67 Å². The Balaban J connectivity index is 2.20. The number of aromatic nitrogens is 4. The minimum absolute atomic E-state index is 0.186. The number of pyridine rings is 1. The molecule has 2 aromatic heterocycles. The van der Waals surface area contributed by atoms with Crippen LogP contribution in [0.25, 0.3) is 0 Å². The third-order valence-electron chi connectivity index (χ3n) is 3.54. The molecule has 2 aromatic rings. The van der Waals surface area contributed by atoms with Crippen LogP contribution in [0.2, 0.25) is 0 Å². The Morgan fingerprint density at radius 1 is 1.24 bits per heavy atom. The molecule has 0 aliphatic rings. The molecular weight excluding hydrogens is 262 g/mol. The highest BCUT2D eigenvalue weighted by atomic mass is 15.3. The lowest BCUT2D eigenvalue weighted by molar-refractivity contribution is 0.479. The summed E-state index contributed by atoms with van der Waals surface area (Å²) in [5, 5.41) is 7.90. The van der Waals surface area contributed by atoms with E-state index in [1.807, 2.05) is 16.9 Å². The van der Waals surface area contributed by atoms with Crippen molar-refractivity contribution >= 4 is 0 Å². The van der Waals surface area contributed by atoms with Gasteiger partial charge in [0.05, 0.1) is 11.7 Å². The lowest BCUT2D eigenvalue weighted by Gasteiger charge is -2.19. The van der Waals surface area contributed by atoms with Gasteiger partial charge in [0.15, 0.2) is 0 Å². The number of aryl methyl sites for hydroxylation is 2. The van der Waals surface area contributed by atoms with Crippen LogP contribution in [0.3, 0.4) is 0 Å². The molecule has 0 fully saturated rings. The minimum Gasteiger partial charge on any atom is -0.308 e. The standard InChI is InChI=1S/C16H25N5/c1-4-8-17-14(16-13(3)7-6-9-18-16)11-15-19-12-20-21(15)10-5-2/h6-7,9,12,14,17H,4-5,8,10-11H2,1-3H3. The molecule has 114 valence electrons. The predicted molar refractivity (Wildman–Crippen MR) is 84.0 cm³/mol. The highest BCUT2D eigenvalue weighted by molar-refractivity contribution is 5.22. The summed E-state index contributed by atoms with van der Waals surface area (Å²) in [7, 11) is 0. The van der Waals surface area contributed by atoms with Crippen molar-refractivity contribution in [3.8, 4) is 0 Å². The van der Waals surface area contributed by atoms with E-state index in [9.17, 15) is 0 Å². The number of hydrogen-bond donors (Lipinski definition) is 1. The fourth-order valence-corrected chi connectivity index (χ4v) is 2.47. The maximum atomic E-state index is 4.57. The molecule has 0 saturated carbocycles. The van der Waals surface area contributed by atoms with Crippen molar-refractivity contribution in [2.24, 2.45) is 0 Å². The molecule has 1 N–H and O–H groups in total. The largest absolute Gasteiger partial charge is 0.308 e. The smallest absolute Gasteiger partial charge is 0.138 e. The zero-order valence-electron chi connectivity index (χ0n) is 13.2. The van der Waals surface area contributed by atoms with Gasteiger partial charge in [0, 0.05) is 19.2 Å². The molecule has 1 atom stereocenters. The maximum absolute atomic E-state index is 4.57. The molecule has 1 unspecified atom stereocenters. The third kappa shape index (κ3) is 4.11. The summed E-state index contributed by atoms with van der Waals surface area (Å²) in [6, 6.07) is 4.28. The molecule has 0 aliphatic carbocycles. The summed E-state index contributed by atoms with van der Waals surface area (Å²) in [6.07, 6.45) is 6.49. The molecule has 5 heteroatoms. The molecule has 5 nitrogen and oxygen atoms in total. The molecule has 21 heavy (non-hydrogen) atoms. The molecule has 0 aliphatic heterocycles. The van der Waals surface area contributed by atoms with Crippen LogP contribution < -0.4 is 5.32 Å². The van der Waals surface area contributed by atoms with Crippen molar-refractivity contribution in [2.75, 3.05) is 6.54 Å². The van der Waals surface area contributed by atoms with Crippen LogP contribution in [-0.2, 0) is 13.0 Å². The Kier molecular flexibility index (Phi) is 5.87. The van der Waals surface area contributed by atoms with Crippen molar-refractivity contribution in [1.82, 2.24) is 25.1 Å². The SMILES string of the molecule is CCCNC(Cc1ncnn1CCC)c1ncccc1C. The van der Waals surface area contributed by atoms with E-state index in [1.54, 1.807) is 6.33 Å². The first-order valence-corrected chi connectivity index (χ1v) is 7.77. The van der Waals surface area contributed by atoms with Gasteiger partial charge >= 0.3 is 0 Å². The van der Waals surface area contributed by atoms with E-state index in [0.717, 1.165) is 43.9 Å². The minimum atomic E-state index is 0.186. The van der Waals surface area contributed by atoms with E-state index in [1.165, 1.54) is 5.56 Å². The van der Waals surface area contributed by atoms with Crippen molar-refractivity contribution in [1.29, 1.82) is 0 Å². The summed E-state index contributed by atoms with van der Waals surface area (Å²) >= 11 is 0. The number of nitrogens with one attached hydrogen (secondary N) is 1. The highest BCUT2D eigenvalue weighted by Gasteiger charge is 2.18. The van der Waals surface area contributed by atoms with E-state index in [2.05, 4.69) is 47.2 Å². The normalized spacial score (nSPS) is 12.5. The number of nitrogens with zero attached hydrogens (tertiary/aromatic N) is 4.